The summed E-state index contributed by atoms with van der Waals surface area (Å²) in [6, 6.07) is 8.44. The minimum atomic E-state index is 0.0738. The second kappa shape index (κ2) is 5.60. The van der Waals surface area contributed by atoms with Crippen molar-refractivity contribution in [1.29, 1.82) is 0 Å². The Morgan fingerprint density at radius 3 is 2.88 bits per heavy atom. The normalized spacial score (nSPS) is 15.0. The van der Waals surface area contributed by atoms with Crippen molar-refractivity contribution >= 4 is 10.9 Å². The van der Waals surface area contributed by atoms with Crippen LogP contribution in [0, 0.1) is 13.8 Å². The molecule has 0 radical (unpaired) electrons. The SMILES string of the molecule is Cc1nc(C)n(C)c(=O)c1CN1CCc2[nH]c3ccccc3c2C1. The first-order valence-electron chi connectivity index (χ1n) is 8.38. The summed E-state index contributed by atoms with van der Waals surface area (Å²) in [5, 5.41) is 1.30. The fourth-order valence-corrected chi connectivity index (χ4v) is 3.65. The van der Waals surface area contributed by atoms with Gasteiger partial charge < -0.3 is 4.98 Å². The largest absolute Gasteiger partial charge is 0.358 e. The molecular formula is C19H22N4O. The Balaban J connectivity index is 1.67. The molecule has 0 spiro atoms. The summed E-state index contributed by atoms with van der Waals surface area (Å²) in [4.78, 5) is 23.0. The number of aromatic amines is 1. The third kappa shape index (κ3) is 2.36. The molecule has 0 fully saturated rings. The summed E-state index contributed by atoms with van der Waals surface area (Å²) in [7, 11) is 1.79. The minimum Gasteiger partial charge on any atom is -0.358 e. The van der Waals surface area contributed by atoms with E-state index < -0.39 is 0 Å². The summed E-state index contributed by atoms with van der Waals surface area (Å²) in [6.45, 7) is 6.29. The topological polar surface area (TPSA) is 53.9 Å². The number of hydrogen-bond donors (Lipinski definition) is 1. The number of nitrogens with zero attached hydrogens (tertiary/aromatic N) is 3. The number of nitrogens with one attached hydrogen (secondary N) is 1. The Kier molecular flexibility index (Phi) is 3.53. The van der Waals surface area contributed by atoms with Crippen molar-refractivity contribution in [2.24, 2.45) is 7.05 Å². The summed E-state index contributed by atoms with van der Waals surface area (Å²) in [6.07, 6.45) is 0.989. The van der Waals surface area contributed by atoms with Gasteiger partial charge in [0.2, 0.25) is 0 Å². The molecule has 2 aromatic heterocycles. The third-order valence-electron chi connectivity index (χ3n) is 5.16. The van der Waals surface area contributed by atoms with Crippen molar-refractivity contribution in [3.05, 3.63) is 63.0 Å². The molecule has 1 aliphatic rings. The first-order chi connectivity index (χ1) is 11.5. The molecule has 0 aliphatic carbocycles. The van der Waals surface area contributed by atoms with Gasteiger partial charge in [-0.25, -0.2) is 4.98 Å². The van der Waals surface area contributed by atoms with E-state index in [9.17, 15) is 4.79 Å². The first-order valence-corrected chi connectivity index (χ1v) is 8.38. The fourth-order valence-electron chi connectivity index (χ4n) is 3.65. The lowest BCUT2D eigenvalue weighted by Gasteiger charge is -2.27. The smallest absolute Gasteiger partial charge is 0.257 e. The highest BCUT2D eigenvalue weighted by atomic mass is 16.1. The molecule has 24 heavy (non-hydrogen) atoms. The lowest BCUT2D eigenvalue weighted by Crippen LogP contribution is -2.34. The number of fused-ring (bicyclic) bond motifs is 3. The molecule has 1 aromatic carbocycles. The fraction of sp³-hybridized carbons (Fsp3) is 0.368. The van der Waals surface area contributed by atoms with Gasteiger partial charge in [0, 0.05) is 55.4 Å². The van der Waals surface area contributed by atoms with Crippen molar-refractivity contribution < 1.29 is 0 Å². The van der Waals surface area contributed by atoms with Gasteiger partial charge in [-0.3, -0.25) is 14.3 Å². The van der Waals surface area contributed by atoms with E-state index in [-0.39, 0.29) is 5.56 Å². The molecule has 124 valence electrons. The molecule has 0 unspecified atom stereocenters. The van der Waals surface area contributed by atoms with Gasteiger partial charge in [-0.1, -0.05) is 18.2 Å². The number of benzene rings is 1. The highest BCUT2D eigenvalue weighted by Gasteiger charge is 2.22. The predicted molar refractivity (Wildman–Crippen MR) is 95.1 cm³/mol. The average Bonchev–Trinajstić information content (AvgIpc) is 2.95. The van der Waals surface area contributed by atoms with Gasteiger partial charge in [-0.15, -0.1) is 0 Å². The number of H-pyrrole nitrogens is 1. The van der Waals surface area contributed by atoms with Crippen LogP contribution in [0.5, 0.6) is 0 Å². The van der Waals surface area contributed by atoms with Crippen LogP contribution in [0.15, 0.2) is 29.1 Å². The molecule has 1 aliphatic heterocycles. The second-order valence-corrected chi connectivity index (χ2v) is 6.68. The number of para-hydroxylation sites is 1. The maximum atomic E-state index is 12.6. The Morgan fingerprint density at radius 2 is 2.04 bits per heavy atom. The van der Waals surface area contributed by atoms with E-state index >= 15 is 0 Å². The lowest BCUT2D eigenvalue weighted by molar-refractivity contribution is 0.243. The number of aryl methyl sites for hydroxylation is 2. The zero-order valence-corrected chi connectivity index (χ0v) is 14.4. The molecule has 5 nitrogen and oxygen atoms in total. The van der Waals surface area contributed by atoms with Crippen molar-refractivity contribution in [3.8, 4) is 0 Å². The molecule has 0 atom stereocenters. The highest BCUT2D eigenvalue weighted by molar-refractivity contribution is 5.84. The third-order valence-corrected chi connectivity index (χ3v) is 5.16. The van der Waals surface area contributed by atoms with Crippen LogP contribution in [0.3, 0.4) is 0 Å². The van der Waals surface area contributed by atoms with Gasteiger partial charge in [0.1, 0.15) is 5.82 Å². The van der Waals surface area contributed by atoms with E-state index in [1.54, 1.807) is 11.6 Å². The predicted octanol–water partition coefficient (Wildman–Crippen LogP) is 2.44. The molecule has 3 heterocycles. The van der Waals surface area contributed by atoms with Gasteiger partial charge in [-0.05, 0) is 25.5 Å². The molecular weight excluding hydrogens is 300 g/mol. The zero-order chi connectivity index (χ0) is 16.8. The Bertz CT molecular complexity index is 983. The molecule has 0 bridgehead atoms. The van der Waals surface area contributed by atoms with E-state index in [0.29, 0.717) is 6.54 Å². The van der Waals surface area contributed by atoms with Gasteiger partial charge in [0.15, 0.2) is 0 Å². The average molecular weight is 322 g/mol. The van der Waals surface area contributed by atoms with E-state index in [4.69, 9.17) is 0 Å². The zero-order valence-electron chi connectivity index (χ0n) is 14.4. The lowest BCUT2D eigenvalue weighted by atomic mass is 10.0. The van der Waals surface area contributed by atoms with E-state index in [2.05, 4.69) is 39.1 Å². The van der Waals surface area contributed by atoms with Crippen LogP contribution in [0.4, 0.5) is 0 Å². The van der Waals surface area contributed by atoms with Crippen LogP contribution in [0.2, 0.25) is 0 Å². The van der Waals surface area contributed by atoms with Gasteiger partial charge >= 0.3 is 0 Å². The monoisotopic (exact) mass is 322 g/mol. The first kappa shape index (κ1) is 15.1. The maximum absolute atomic E-state index is 12.6. The number of aromatic nitrogens is 3. The van der Waals surface area contributed by atoms with Crippen LogP contribution >= 0.6 is 0 Å². The Labute approximate surface area is 140 Å². The van der Waals surface area contributed by atoms with Gasteiger partial charge in [0.05, 0.1) is 5.56 Å². The van der Waals surface area contributed by atoms with E-state index in [0.717, 1.165) is 36.6 Å². The summed E-state index contributed by atoms with van der Waals surface area (Å²) in [5.74, 6) is 0.763. The van der Waals surface area contributed by atoms with Crippen molar-refractivity contribution in [2.75, 3.05) is 6.54 Å². The number of rotatable bonds is 2. The summed E-state index contributed by atoms with van der Waals surface area (Å²) < 4.78 is 1.64. The Hall–Kier alpha value is -2.40. The summed E-state index contributed by atoms with van der Waals surface area (Å²) >= 11 is 0. The maximum Gasteiger partial charge on any atom is 0.257 e. The van der Waals surface area contributed by atoms with Crippen LogP contribution in [0.1, 0.15) is 28.3 Å². The van der Waals surface area contributed by atoms with E-state index in [1.165, 1.54) is 22.2 Å². The molecule has 0 saturated heterocycles. The summed E-state index contributed by atoms with van der Waals surface area (Å²) in [5.41, 5.74) is 5.63. The van der Waals surface area contributed by atoms with Crippen LogP contribution in [0.25, 0.3) is 10.9 Å². The second-order valence-electron chi connectivity index (χ2n) is 6.68. The quantitative estimate of drug-likeness (QED) is 0.788. The number of hydrogen-bond acceptors (Lipinski definition) is 3. The molecule has 3 aromatic rings. The van der Waals surface area contributed by atoms with Crippen molar-refractivity contribution in [2.45, 2.75) is 33.4 Å². The van der Waals surface area contributed by atoms with Crippen molar-refractivity contribution in [3.63, 3.8) is 0 Å². The van der Waals surface area contributed by atoms with Crippen LogP contribution < -0.4 is 5.56 Å². The highest BCUT2D eigenvalue weighted by Crippen LogP contribution is 2.28. The Morgan fingerprint density at radius 1 is 1.25 bits per heavy atom. The molecule has 0 amide bonds. The van der Waals surface area contributed by atoms with E-state index in [1.807, 2.05) is 13.8 Å². The van der Waals surface area contributed by atoms with Gasteiger partial charge in [-0.2, -0.15) is 0 Å². The molecule has 1 N–H and O–H groups in total. The van der Waals surface area contributed by atoms with Crippen LogP contribution in [-0.2, 0) is 26.6 Å². The van der Waals surface area contributed by atoms with Gasteiger partial charge in [0.25, 0.3) is 5.56 Å². The minimum absolute atomic E-state index is 0.0738. The van der Waals surface area contributed by atoms with Crippen LogP contribution in [-0.4, -0.2) is 26.0 Å². The molecule has 5 heteroatoms. The van der Waals surface area contributed by atoms with Crippen molar-refractivity contribution in [1.82, 2.24) is 19.4 Å². The standard InChI is InChI=1S/C19H22N4O/c1-12-15(19(24)22(3)13(2)20-12)10-23-9-8-18-16(11-23)14-6-4-5-7-17(14)21-18/h4-7,21H,8-11H2,1-3H3. The molecule has 4 rings (SSSR count). The molecule has 0 saturated carbocycles.